The van der Waals surface area contributed by atoms with E-state index in [1.54, 1.807) is 6.92 Å². The second-order valence-electron chi connectivity index (χ2n) is 6.37. The van der Waals surface area contributed by atoms with Crippen LogP contribution in [0.2, 0.25) is 0 Å². The summed E-state index contributed by atoms with van der Waals surface area (Å²) in [5.41, 5.74) is 3.37. The maximum absolute atomic E-state index is 12.2. The molecule has 0 saturated carbocycles. The molecule has 0 heterocycles. The lowest BCUT2D eigenvalue weighted by molar-refractivity contribution is -0.153. The van der Waals surface area contributed by atoms with Crippen molar-refractivity contribution in [2.45, 2.75) is 38.7 Å². The first-order valence-electron chi connectivity index (χ1n) is 8.92. The summed E-state index contributed by atoms with van der Waals surface area (Å²) in [4.78, 5) is 24.1. The largest absolute Gasteiger partial charge is 0.493 e. The molecule has 0 radical (unpaired) electrons. The number of benzene rings is 2. The van der Waals surface area contributed by atoms with E-state index in [1.165, 1.54) is 11.1 Å². The van der Waals surface area contributed by atoms with Crippen molar-refractivity contribution >= 4 is 17.6 Å². The van der Waals surface area contributed by atoms with Gasteiger partial charge in [-0.1, -0.05) is 24.3 Å². The molecular formula is C21H23NO4. The van der Waals surface area contributed by atoms with E-state index >= 15 is 0 Å². The van der Waals surface area contributed by atoms with Crippen molar-refractivity contribution in [3.05, 3.63) is 59.7 Å². The minimum atomic E-state index is -0.854. The first kappa shape index (κ1) is 18.0. The average Bonchev–Trinajstić information content (AvgIpc) is 3.10. The molecule has 26 heavy (non-hydrogen) atoms. The summed E-state index contributed by atoms with van der Waals surface area (Å²) < 4.78 is 10.6. The Labute approximate surface area is 153 Å². The first-order valence-corrected chi connectivity index (χ1v) is 8.92. The van der Waals surface area contributed by atoms with Crippen LogP contribution >= 0.6 is 0 Å². The lowest BCUT2D eigenvalue weighted by Gasteiger charge is -2.14. The molecule has 3 rings (SSSR count). The third-order valence-electron chi connectivity index (χ3n) is 4.36. The highest BCUT2D eigenvalue weighted by molar-refractivity contribution is 5.95. The summed E-state index contributed by atoms with van der Waals surface area (Å²) >= 11 is 0. The Morgan fingerprint density at radius 1 is 1.08 bits per heavy atom. The van der Waals surface area contributed by atoms with Gasteiger partial charge in [-0.05, 0) is 61.6 Å². The number of rotatable bonds is 7. The molecule has 0 bridgehead atoms. The number of hydrogen-bond donors (Lipinski definition) is 1. The highest BCUT2D eigenvalue weighted by Gasteiger charge is 2.19. The zero-order valence-electron chi connectivity index (χ0n) is 14.9. The molecule has 0 fully saturated rings. The van der Waals surface area contributed by atoms with Crippen molar-refractivity contribution in [3.63, 3.8) is 0 Å². The molecule has 0 aliphatic heterocycles. The van der Waals surface area contributed by atoms with Crippen molar-refractivity contribution in [3.8, 4) is 5.75 Å². The van der Waals surface area contributed by atoms with E-state index in [9.17, 15) is 9.59 Å². The number of nitrogens with one attached hydrogen (secondary N) is 1. The third-order valence-corrected chi connectivity index (χ3v) is 4.36. The second kappa shape index (κ2) is 8.52. The van der Waals surface area contributed by atoms with Gasteiger partial charge in [0.15, 0.2) is 6.10 Å². The Bertz CT molecular complexity index is 773. The predicted molar refractivity (Wildman–Crippen MR) is 99.2 cm³/mol. The van der Waals surface area contributed by atoms with Crippen molar-refractivity contribution in [2.24, 2.45) is 0 Å². The molecule has 5 heteroatoms. The van der Waals surface area contributed by atoms with Crippen LogP contribution in [0.4, 0.5) is 5.69 Å². The van der Waals surface area contributed by atoms with Gasteiger partial charge >= 0.3 is 5.97 Å². The molecule has 2 aromatic carbocycles. The van der Waals surface area contributed by atoms with E-state index < -0.39 is 12.1 Å². The Kier molecular flexibility index (Phi) is 5.89. The number of aryl methyl sites for hydroxylation is 2. The van der Waals surface area contributed by atoms with Gasteiger partial charge in [-0.2, -0.15) is 0 Å². The third kappa shape index (κ3) is 4.85. The number of para-hydroxylation sites is 1. The van der Waals surface area contributed by atoms with Gasteiger partial charge in [-0.25, -0.2) is 0 Å². The van der Waals surface area contributed by atoms with Crippen molar-refractivity contribution in [1.29, 1.82) is 0 Å². The molecule has 1 N–H and O–H groups in total. The fourth-order valence-electron chi connectivity index (χ4n) is 2.97. The SMILES string of the molecule is C[C@H](OC(=O)CCOc1ccccc1)C(=O)Nc1ccc2c(c1)CCC2. The molecule has 1 amide bonds. The summed E-state index contributed by atoms with van der Waals surface area (Å²) in [7, 11) is 0. The number of amides is 1. The van der Waals surface area contributed by atoms with Crippen LogP contribution in [0, 0.1) is 0 Å². The summed E-state index contributed by atoms with van der Waals surface area (Å²) in [5, 5.41) is 2.81. The van der Waals surface area contributed by atoms with Gasteiger partial charge in [0.1, 0.15) is 5.75 Å². The Balaban J connectivity index is 1.42. The molecule has 1 atom stereocenters. The summed E-state index contributed by atoms with van der Waals surface area (Å²) in [6.07, 6.45) is 2.54. The van der Waals surface area contributed by atoms with Crippen LogP contribution in [0.15, 0.2) is 48.5 Å². The molecule has 0 unspecified atom stereocenters. The van der Waals surface area contributed by atoms with E-state index in [0.29, 0.717) is 5.75 Å². The van der Waals surface area contributed by atoms with Crippen molar-refractivity contribution in [1.82, 2.24) is 0 Å². The molecule has 136 valence electrons. The van der Waals surface area contributed by atoms with Gasteiger partial charge in [-0.3, -0.25) is 9.59 Å². The van der Waals surface area contributed by atoms with E-state index in [0.717, 1.165) is 24.9 Å². The quantitative estimate of drug-likeness (QED) is 0.774. The van der Waals surface area contributed by atoms with Crippen molar-refractivity contribution < 1.29 is 19.1 Å². The number of anilines is 1. The van der Waals surface area contributed by atoms with Crippen LogP contribution in [0.5, 0.6) is 5.75 Å². The van der Waals surface area contributed by atoms with Gasteiger partial charge in [-0.15, -0.1) is 0 Å². The maximum atomic E-state index is 12.2. The monoisotopic (exact) mass is 353 g/mol. The number of fused-ring (bicyclic) bond motifs is 1. The van der Waals surface area contributed by atoms with Gasteiger partial charge in [0, 0.05) is 5.69 Å². The maximum Gasteiger partial charge on any atom is 0.310 e. The minimum Gasteiger partial charge on any atom is -0.493 e. The number of carbonyl (C=O) groups is 2. The van der Waals surface area contributed by atoms with Crippen LogP contribution in [-0.2, 0) is 27.2 Å². The zero-order chi connectivity index (χ0) is 18.4. The van der Waals surface area contributed by atoms with Crippen LogP contribution in [0.25, 0.3) is 0 Å². The Hall–Kier alpha value is -2.82. The lowest BCUT2D eigenvalue weighted by atomic mass is 10.1. The number of hydrogen-bond acceptors (Lipinski definition) is 4. The van der Waals surface area contributed by atoms with Gasteiger partial charge < -0.3 is 14.8 Å². The molecule has 1 aliphatic carbocycles. The minimum absolute atomic E-state index is 0.0887. The lowest BCUT2D eigenvalue weighted by Crippen LogP contribution is -2.30. The van der Waals surface area contributed by atoms with Gasteiger partial charge in [0.2, 0.25) is 0 Å². The summed E-state index contributed by atoms with van der Waals surface area (Å²) in [6, 6.07) is 15.2. The zero-order valence-corrected chi connectivity index (χ0v) is 14.9. The summed E-state index contributed by atoms with van der Waals surface area (Å²) in [5.74, 6) is -0.0967. The van der Waals surface area contributed by atoms with Crippen molar-refractivity contribution in [2.75, 3.05) is 11.9 Å². The first-order chi connectivity index (χ1) is 12.6. The smallest absolute Gasteiger partial charge is 0.310 e. The van der Waals surface area contributed by atoms with E-state index in [1.807, 2.05) is 42.5 Å². The molecule has 0 spiro atoms. The highest BCUT2D eigenvalue weighted by atomic mass is 16.5. The number of esters is 1. The van der Waals surface area contributed by atoms with Crippen LogP contribution in [-0.4, -0.2) is 24.6 Å². The summed E-state index contributed by atoms with van der Waals surface area (Å²) in [6.45, 7) is 1.78. The highest BCUT2D eigenvalue weighted by Crippen LogP contribution is 2.25. The molecular weight excluding hydrogens is 330 g/mol. The predicted octanol–water partition coefficient (Wildman–Crippen LogP) is 3.51. The van der Waals surface area contributed by atoms with E-state index in [2.05, 4.69) is 11.4 Å². The standard InChI is InChI=1S/C21H23NO4/c1-15(26-20(23)12-13-25-19-8-3-2-4-9-19)21(24)22-18-11-10-16-6-5-7-17(16)14-18/h2-4,8-11,14-15H,5-7,12-13H2,1H3,(H,22,24)/t15-/m0/s1. The number of carbonyl (C=O) groups excluding carboxylic acids is 2. The van der Waals surface area contributed by atoms with E-state index in [4.69, 9.17) is 9.47 Å². The topological polar surface area (TPSA) is 64.6 Å². The number of ether oxygens (including phenoxy) is 2. The molecule has 1 aliphatic rings. The van der Waals surface area contributed by atoms with Crippen LogP contribution in [0.1, 0.15) is 30.9 Å². The van der Waals surface area contributed by atoms with Crippen LogP contribution in [0.3, 0.4) is 0 Å². The van der Waals surface area contributed by atoms with Crippen LogP contribution < -0.4 is 10.1 Å². The Morgan fingerprint density at radius 3 is 2.65 bits per heavy atom. The second-order valence-corrected chi connectivity index (χ2v) is 6.37. The Morgan fingerprint density at radius 2 is 1.85 bits per heavy atom. The van der Waals surface area contributed by atoms with E-state index in [-0.39, 0.29) is 18.9 Å². The average molecular weight is 353 g/mol. The fourth-order valence-corrected chi connectivity index (χ4v) is 2.97. The van der Waals surface area contributed by atoms with Gasteiger partial charge in [0.05, 0.1) is 13.0 Å². The fraction of sp³-hybridized carbons (Fsp3) is 0.333. The molecule has 0 saturated heterocycles. The molecule has 0 aromatic heterocycles. The molecule has 5 nitrogen and oxygen atoms in total. The van der Waals surface area contributed by atoms with Gasteiger partial charge in [0.25, 0.3) is 5.91 Å². The normalized spacial score (nSPS) is 13.6. The molecule has 2 aromatic rings.